The first-order valence-corrected chi connectivity index (χ1v) is 5.90. The van der Waals surface area contributed by atoms with E-state index in [-0.39, 0.29) is 18.3 Å². The van der Waals surface area contributed by atoms with E-state index in [9.17, 15) is 4.79 Å². The van der Waals surface area contributed by atoms with Crippen molar-refractivity contribution in [1.29, 1.82) is 0 Å². The third-order valence-electron chi connectivity index (χ3n) is 2.76. The molecule has 0 aliphatic carbocycles. The number of halogens is 2. The molecule has 1 aliphatic rings. The maximum atomic E-state index is 11.8. The number of benzene rings is 1. The first-order chi connectivity index (χ1) is 7.75. The second kappa shape index (κ2) is 6.84. The van der Waals surface area contributed by atoms with Crippen LogP contribution in [0.15, 0.2) is 24.3 Å². The zero-order valence-electron chi connectivity index (χ0n) is 9.41. The molecule has 2 N–H and O–H groups in total. The van der Waals surface area contributed by atoms with Crippen LogP contribution in [0.2, 0.25) is 5.02 Å². The monoisotopic (exact) mass is 274 g/mol. The molecule has 1 amide bonds. The summed E-state index contributed by atoms with van der Waals surface area (Å²) in [5.41, 5.74) is 0.616. The van der Waals surface area contributed by atoms with Crippen LogP contribution in [0.25, 0.3) is 0 Å². The van der Waals surface area contributed by atoms with Crippen LogP contribution in [-0.2, 0) is 0 Å². The highest BCUT2D eigenvalue weighted by Gasteiger charge is 2.15. The minimum absolute atomic E-state index is 0. The van der Waals surface area contributed by atoms with Crippen LogP contribution in [0.3, 0.4) is 0 Å². The molecule has 0 spiro atoms. The topological polar surface area (TPSA) is 41.1 Å². The quantitative estimate of drug-likeness (QED) is 0.888. The van der Waals surface area contributed by atoms with Crippen LogP contribution in [0.5, 0.6) is 0 Å². The molecular formula is C12H16Cl2N2O. The predicted molar refractivity (Wildman–Crippen MR) is 72.1 cm³/mol. The van der Waals surface area contributed by atoms with Gasteiger partial charge in [-0.1, -0.05) is 17.7 Å². The van der Waals surface area contributed by atoms with Gasteiger partial charge >= 0.3 is 0 Å². The van der Waals surface area contributed by atoms with Gasteiger partial charge in [-0.05, 0) is 37.6 Å². The van der Waals surface area contributed by atoms with E-state index in [0.29, 0.717) is 23.2 Å². The zero-order chi connectivity index (χ0) is 11.4. The fraction of sp³-hybridized carbons (Fsp3) is 0.417. The molecule has 1 atom stereocenters. The van der Waals surface area contributed by atoms with Crippen molar-refractivity contribution in [2.45, 2.75) is 18.9 Å². The molecule has 1 aromatic rings. The van der Waals surface area contributed by atoms with Gasteiger partial charge in [0, 0.05) is 23.2 Å². The van der Waals surface area contributed by atoms with Crippen molar-refractivity contribution in [2.75, 3.05) is 13.1 Å². The summed E-state index contributed by atoms with van der Waals surface area (Å²) in [5.74, 6) is -0.0591. The van der Waals surface area contributed by atoms with E-state index in [1.54, 1.807) is 24.3 Å². The van der Waals surface area contributed by atoms with Gasteiger partial charge in [0.1, 0.15) is 0 Å². The first kappa shape index (κ1) is 14.3. The minimum atomic E-state index is -0.0591. The number of hydrogen-bond acceptors (Lipinski definition) is 2. The molecule has 17 heavy (non-hydrogen) atoms. The van der Waals surface area contributed by atoms with Crippen molar-refractivity contribution in [3.8, 4) is 0 Å². The van der Waals surface area contributed by atoms with Gasteiger partial charge < -0.3 is 10.6 Å². The molecule has 0 radical (unpaired) electrons. The van der Waals surface area contributed by atoms with Gasteiger partial charge in [0.25, 0.3) is 5.91 Å². The van der Waals surface area contributed by atoms with Crippen molar-refractivity contribution in [2.24, 2.45) is 0 Å². The lowest BCUT2D eigenvalue weighted by atomic mass is 10.2. The fourth-order valence-electron chi connectivity index (χ4n) is 1.88. The molecule has 3 nitrogen and oxygen atoms in total. The molecule has 94 valence electrons. The summed E-state index contributed by atoms with van der Waals surface area (Å²) in [5, 5.41) is 6.83. The Balaban J connectivity index is 0.00000144. The summed E-state index contributed by atoms with van der Waals surface area (Å²) in [4.78, 5) is 11.8. The van der Waals surface area contributed by atoms with Crippen LogP contribution in [-0.4, -0.2) is 25.0 Å². The number of amides is 1. The Labute approximate surface area is 112 Å². The molecule has 5 heteroatoms. The highest BCUT2D eigenvalue weighted by atomic mass is 35.5. The third-order valence-corrected chi connectivity index (χ3v) is 2.99. The van der Waals surface area contributed by atoms with Crippen molar-refractivity contribution in [1.82, 2.24) is 10.6 Å². The van der Waals surface area contributed by atoms with Crippen LogP contribution >= 0.6 is 24.0 Å². The summed E-state index contributed by atoms with van der Waals surface area (Å²) < 4.78 is 0. The summed E-state index contributed by atoms with van der Waals surface area (Å²) in [6, 6.07) is 7.41. The summed E-state index contributed by atoms with van der Waals surface area (Å²) in [6.07, 6.45) is 2.33. The highest BCUT2D eigenvalue weighted by molar-refractivity contribution is 6.30. The van der Waals surface area contributed by atoms with E-state index in [1.807, 2.05) is 0 Å². The first-order valence-electron chi connectivity index (χ1n) is 5.53. The minimum Gasteiger partial charge on any atom is -0.350 e. The molecule has 0 saturated carbocycles. The van der Waals surface area contributed by atoms with E-state index < -0.39 is 0 Å². The molecular weight excluding hydrogens is 259 g/mol. The molecule has 1 aromatic carbocycles. The fourth-order valence-corrected chi connectivity index (χ4v) is 2.07. The Hall–Kier alpha value is -0.770. The smallest absolute Gasteiger partial charge is 0.251 e. The van der Waals surface area contributed by atoms with E-state index in [0.717, 1.165) is 13.0 Å². The second-order valence-electron chi connectivity index (χ2n) is 4.01. The van der Waals surface area contributed by atoms with Gasteiger partial charge in [0.05, 0.1) is 0 Å². The van der Waals surface area contributed by atoms with Crippen LogP contribution in [0, 0.1) is 0 Å². The Bertz CT molecular complexity index is 379. The summed E-state index contributed by atoms with van der Waals surface area (Å²) in [6.45, 7) is 1.74. The average molecular weight is 275 g/mol. The van der Waals surface area contributed by atoms with Crippen molar-refractivity contribution >= 4 is 29.9 Å². The largest absolute Gasteiger partial charge is 0.350 e. The van der Waals surface area contributed by atoms with Gasteiger partial charge in [-0.25, -0.2) is 0 Å². The van der Waals surface area contributed by atoms with E-state index >= 15 is 0 Å². The number of carbonyl (C=O) groups excluding carboxylic acids is 1. The maximum Gasteiger partial charge on any atom is 0.251 e. The molecule has 1 saturated heterocycles. The Morgan fingerprint density at radius 1 is 1.53 bits per heavy atom. The lowest BCUT2D eigenvalue weighted by molar-refractivity contribution is 0.0950. The Kier molecular flexibility index (Phi) is 5.75. The lowest BCUT2D eigenvalue weighted by Crippen LogP contribution is -2.37. The van der Waals surface area contributed by atoms with E-state index in [2.05, 4.69) is 10.6 Å². The predicted octanol–water partition coefficient (Wildman–Crippen LogP) is 2.24. The van der Waals surface area contributed by atoms with Gasteiger partial charge in [-0.15, -0.1) is 12.4 Å². The van der Waals surface area contributed by atoms with Crippen LogP contribution in [0.4, 0.5) is 0 Å². The van der Waals surface area contributed by atoms with E-state index in [4.69, 9.17) is 11.6 Å². The lowest BCUT2D eigenvalue weighted by Gasteiger charge is -2.11. The molecule has 0 bridgehead atoms. The molecule has 1 fully saturated rings. The SMILES string of the molecule is Cl.O=C(NC[C@H]1CCCN1)c1cccc(Cl)c1. The molecule has 2 rings (SSSR count). The number of rotatable bonds is 3. The van der Waals surface area contributed by atoms with Crippen LogP contribution < -0.4 is 10.6 Å². The van der Waals surface area contributed by atoms with Crippen molar-refractivity contribution < 1.29 is 4.79 Å². The molecule has 0 aromatic heterocycles. The molecule has 1 heterocycles. The molecule has 0 unspecified atom stereocenters. The van der Waals surface area contributed by atoms with Gasteiger partial charge in [0.2, 0.25) is 0 Å². The van der Waals surface area contributed by atoms with Gasteiger partial charge in [-0.3, -0.25) is 4.79 Å². The maximum absolute atomic E-state index is 11.8. The third kappa shape index (κ3) is 4.19. The molecule has 1 aliphatic heterocycles. The van der Waals surface area contributed by atoms with Crippen LogP contribution in [0.1, 0.15) is 23.2 Å². The van der Waals surface area contributed by atoms with E-state index in [1.165, 1.54) is 6.42 Å². The summed E-state index contributed by atoms with van der Waals surface area (Å²) >= 11 is 5.82. The Morgan fingerprint density at radius 2 is 2.35 bits per heavy atom. The van der Waals surface area contributed by atoms with Gasteiger partial charge in [-0.2, -0.15) is 0 Å². The number of hydrogen-bond donors (Lipinski definition) is 2. The number of nitrogens with one attached hydrogen (secondary N) is 2. The summed E-state index contributed by atoms with van der Waals surface area (Å²) in [7, 11) is 0. The standard InChI is InChI=1S/C12H15ClN2O.ClH/c13-10-4-1-3-9(7-10)12(16)15-8-11-5-2-6-14-11;/h1,3-4,7,11,14H,2,5-6,8H2,(H,15,16);1H/t11-;/m1./s1. The second-order valence-corrected chi connectivity index (χ2v) is 4.45. The number of carbonyl (C=O) groups is 1. The average Bonchev–Trinajstić information content (AvgIpc) is 2.78. The highest BCUT2D eigenvalue weighted by Crippen LogP contribution is 2.10. The zero-order valence-corrected chi connectivity index (χ0v) is 11.0. The van der Waals surface area contributed by atoms with Crippen molar-refractivity contribution in [3.05, 3.63) is 34.9 Å². The Morgan fingerprint density at radius 3 is 3.00 bits per heavy atom. The van der Waals surface area contributed by atoms with Gasteiger partial charge in [0.15, 0.2) is 0 Å². The normalized spacial score (nSPS) is 18.5. The van der Waals surface area contributed by atoms with Crippen molar-refractivity contribution in [3.63, 3.8) is 0 Å².